The van der Waals surface area contributed by atoms with Gasteiger partial charge in [0.1, 0.15) is 10.7 Å². The first-order valence-corrected chi connectivity index (χ1v) is 7.74. The second kappa shape index (κ2) is 5.94. The van der Waals surface area contributed by atoms with Gasteiger partial charge in [-0.15, -0.1) is 11.3 Å². The predicted octanol–water partition coefficient (Wildman–Crippen LogP) is 2.73. The van der Waals surface area contributed by atoms with Crippen LogP contribution in [0.15, 0.2) is 39.1 Å². The molecule has 0 aromatic carbocycles. The van der Waals surface area contributed by atoms with Gasteiger partial charge in [0, 0.05) is 20.2 Å². The van der Waals surface area contributed by atoms with Crippen molar-refractivity contribution >= 4 is 28.6 Å². The lowest BCUT2D eigenvalue weighted by molar-refractivity contribution is 0.419. The van der Waals surface area contributed by atoms with E-state index in [0.717, 1.165) is 4.88 Å². The second-order valence-electron chi connectivity index (χ2n) is 4.86. The monoisotopic (exact) mass is 336 g/mol. The van der Waals surface area contributed by atoms with Gasteiger partial charge in [-0.1, -0.05) is 22.8 Å². The highest BCUT2D eigenvalue weighted by atomic mass is 35.5. The summed E-state index contributed by atoms with van der Waals surface area (Å²) in [7, 11) is 3.61. The predicted molar refractivity (Wildman–Crippen MR) is 86.8 cm³/mol. The summed E-state index contributed by atoms with van der Waals surface area (Å²) in [5.41, 5.74) is 0.850. The molecule has 0 aliphatic rings. The van der Waals surface area contributed by atoms with E-state index in [0.29, 0.717) is 17.1 Å². The number of aromatic nitrogens is 3. The molecular formula is C14H13ClN4O2S. The van der Waals surface area contributed by atoms with Crippen LogP contribution in [0.25, 0.3) is 10.6 Å². The number of nitrogens with zero attached hydrogens (tertiary/aromatic N) is 4. The van der Waals surface area contributed by atoms with Crippen molar-refractivity contribution in [1.82, 2.24) is 14.9 Å². The molecule has 6 nitrogen and oxygen atoms in total. The Labute approximate surface area is 135 Å². The molecule has 0 atom stereocenters. The van der Waals surface area contributed by atoms with Crippen LogP contribution in [0.3, 0.4) is 0 Å². The summed E-state index contributed by atoms with van der Waals surface area (Å²) < 4.78 is 6.56. The van der Waals surface area contributed by atoms with Crippen LogP contribution in [0.2, 0.25) is 5.02 Å². The molecule has 22 heavy (non-hydrogen) atoms. The van der Waals surface area contributed by atoms with Crippen LogP contribution in [0.4, 0.5) is 5.69 Å². The van der Waals surface area contributed by atoms with E-state index in [2.05, 4.69) is 10.3 Å². The van der Waals surface area contributed by atoms with Crippen molar-refractivity contribution in [2.75, 3.05) is 19.0 Å². The van der Waals surface area contributed by atoms with Crippen molar-refractivity contribution in [1.29, 1.82) is 0 Å². The van der Waals surface area contributed by atoms with Gasteiger partial charge in [-0.2, -0.15) is 5.10 Å². The van der Waals surface area contributed by atoms with Gasteiger partial charge in [-0.3, -0.25) is 4.79 Å². The first-order chi connectivity index (χ1) is 10.6. The highest BCUT2D eigenvalue weighted by Crippen LogP contribution is 2.25. The summed E-state index contributed by atoms with van der Waals surface area (Å²) in [6.07, 6.45) is 1.56. The van der Waals surface area contributed by atoms with Crippen LogP contribution in [0.1, 0.15) is 5.69 Å². The molecule has 0 saturated carbocycles. The fourth-order valence-corrected chi connectivity index (χ4v) is 2.94. The molecule has 0 saturated heterocycles. The molecule has 0 radical (unpaired) electrons. The van der Waals surface area contributed by atoms with E-state index in [9.17, 15) is 4.79 Å². The molecule has 0 aliphatic heterocycles. The third kappa shape index (κ3) is 2.77. The molecule has 3 rings (SSSR count). The lowest BCUT2D eigenvalue weighted by atomic mass is 10.3. The largest absolute Gasteiger partial charge is 0.375 e. The maximum absolute atomic E-state index is 12.2. The zero-order valence-electron chi connectivity index (χ0n) is 12.0. The highest BCUT2D eigenvalue weighted by Gasteiger charge is 2.13. The highest BCUT2D eigenvalue weighted by molar-refractivity contribution is 7.13. The van der Waals surface area contributed by atoms with Crippen LogP contribution < -0.4 is 10.5 Å². The summed E-state index contributed by atoms with van der Waals surface area (Å²) in [4.78, 5) is 14.9. The quantitative estimate of drug-likeness (QED) is 0.733. The lowest BCUT2D eigenvalue weighted by Gasteiger charge is -2.14. The summed E-state index contributed by atoms with van der Waals surface area (Å²) in [6, 6.07) is 5.68. The molecule has 3 aromatic rings. The molecule has 114 valence electrons. The van der Waals surface area contributed by atoms with Crippen molar-refractivity contribution in [2.24, 2.45) is 0 Å². The van der Waals surface area contributed by atoms with Crippen LogP contribution in [0.5, 0.6) is 0 Å². The number of rotatable bonds is 4. The van der Waals surface area contributed by atoms with E-state index < -0.39 is 0 Å². The van der Waals surface area contributed by atoms with Gasteiger partial charge in [0.25, 0.3) is 5.56 Å². The van der Waals surface area contributed by atoms with Crippen LogP contribution in [-0.2, 0) is 6.54 Å². The molecular weight excluding hydrogens is 324 g/mol. The first kappa shape index (κ1) is 14.8. The Balaban J connectivity index is 1.88. The van der Waals surface area contributed by atoms with Gasteiger partial charge < -0.3 is 9.42 Å². The van der Waals surface area contributed by atoms with Crippen LogP contribution in [0, 0.1) is 0 Å². The van der Waals surface area contributed by atoms with E-state index >= 15 is 0 Å². The third-order valence-electron chi connectivity index (χ3n) is 3.08. The molecule has 0 N–H and O–H groups in total. The normalized spacial score (nSPS) is 10.9. The van der Waals surface area contributed by atoms with Gasteiger partial charge in [0.15, 0.2) is 5.76 Å². The molecule has 0 bridgehead atoms. The molecule has 0 spiro atoms. The second-order valence-corrected chi connectivity index (χ2v) is 6.19. The SMILES string of the molecule is CN(C)c1cnn(Cc2cc(-c3cccs3)on2)c(=O)c1Cl. The van der Waals surface area contributed by atoms with E-state index in [1.807, 2.05) is 17.5 Å². The third-order valence-corrected chi connectivity index (χ3v) is 4.32. The summed E-state index contributed by atoms with van der Waals surface area (Å²) in [5.74, 6) is 0.675. The number of hydrogen-bond acceptors (Lipinski definition) is 6. The molecule has 0 fully saturated rings. The Morgan fingerprint density at radius 1 is 1.45 bits per heavy atom. The van der Waals surface area contributed by atoms with Gasteiger partial charge in [-0.05, 0) is 11.4 Å². The Morgan fingerprint density at radius 3 is 2.95 bits per heavy atom. The van der Waals surface area contributed by atoms with Crippen LogP contribution >= 0.6 is 22.9 Å². The first-order valence-electron chi connectivity index (χ1n) is 6.48. The number of halogens is 1. The number of hydrogen-bond donors (Lipinski definition) is 0. The van der Waals surface area contributed by atoms with E-state index in [-0.39, 0.29) is 17.1 Å². The smallest absolute Gasteiger partial charge is 0.288 e. The van der Waals surface area contributed by atoms with Gasteiger partial charge in [0.2, 0.25) is 0 Å². The Kier molecular flexibility index (Phi) is 4.00. The fourth-order valence-electron chi connectivity index (χ4n) is 1.96. The van der Waals surface area contributed by atoms with Crippen molar-refractivity contribution in [3.8, 4) is 10.6 Å². The maximum Gasteiger partial charge on any atom is 0.288 e. The molecule has 0 unspecified atom stereocenters. The molecule has 0 amide bonds. The minimum Gasteiger partial charge on any atom is -0.375 e. The van der Waals surface area contributed by atoms with E-state index in [4.69, 9.17) is 16.1 Å². The van der Waals surface area contributed by atoms with Gasteiger partial charge in [0.05, 0.1) is 23.3 Å². The zero-order valence-corrected chi connectivity index (χ0v) is 13.6. The van der Waals surface area contributed by atoms with Gasteiger partial charge >= 0.3 is 0 Å². The standard InChI is InChI=1S/C14H13ClN4O2S/c1-18(2)10-7-16-19(14(20)13(10)15)8-9-6-11(21-17-9)12-4-3-5-22-12/h3-7H,8H2,1-2H3. The van der Waals surface area contributed by atoms with Crippen molar-refractivity contribution < 1.29 is 4.52 Å². The van der Waals surface area contributed by atoms with Crippen molar-refractivity contribution in [3.05, 3.63) is 50.8 Å². The topological polar surface area (TPSA) is 64.2 Å². The Bertz CT molecular complexity index is 839. The fraction of sp³-hybridized carbons (Fsp3) is 0.214. The Morgan fingerprint density at radius 2 is 2.27 bits per heavy atom. The average Bonchev–Trinajstić information content (AvgIpc) is 3.14. The Hall–Kier alpha value is -2.12. The van der Waals surface area contributed by atoms with Gasteiger partial charge in [-0.25, -0.2) is 4.68 Å². The van der Waals surface area contributed by atoms with Crippen LogP contribution in [-0.4, -0.2) is 29.0 Å². The molecule has 3 heterocycles. The maximum atomic E-state index is 12.2. The van der Waals surface area contributed by atoms with Crippen molar-refractivity contribution in [2.45, 2.75) is 6.54 Å². The average molecular weight is 337 g/mol. The summed E-state index contributed by atoms with van der Waals surface area (Å²) in [5, 5.41) is 10.2. The van der Waals surface area contributed by atoms with Crippen molar-refractivity contribution in [3.63, 3.8) is 0 Å². The summed E-state index contributed by atoms with van der Waals surface area (Å²) in [6.45, 7) is 0.209. The molecule has 0 aliphatic carbocycles. The molecule has 3 aromatic heterocycles. The van der Waals surface area contributed by atoms with E-state index in [1.54, 1.807) is 42.6 Å². The number of thiophene rings is 1. The molecule has 8 heteroatoms. The minimum absolute atomic E-state index is 0.141. The van der Waals surface area contributed by atoms with E-state index in [1.165, 1.54) is 4.68 Å². The zero-order chi connectivity index (χ0) is 15.7. The lowest BCUT2D eigenvalue weighted by Crippen LogP contribution is -2.26. The summed E-state index contributed by atoms with van der Waals surface area (Å²) >= 11 is 7.65. The number of anilines is 1. The minimum atomic E-state index is -0.353.